The van der Waals surface area contributed by atoms with E-state index in [1.54, 1.807) is 35.4 Å². The summed E-state index contributed by atoms with van der Waals surface area (Å²) in [6, 6.07) is 6.91. The number of likely N-dealkylation sites (tertiary alicyclic amines) is 1. The van der Waals surface area contributed by atoms with Crippen LogP contribution in [-0.2, 0) is 0 Å². The first-order chi connectivity index (χ1) is 10.2. The number of pyridine rings is 1. The largest absolute Gasteiger partial charge is 0.473 e. The van der Waals surface area contributed by atoms with E-state index >= 15 is 0 Å². The normalized spacial score (nSPS) is 16.0. The lowest BCUT2D eigenvalue weighted by Crippen LogP contribution is -2.41. The molecule has 1 amide bonds. The van der Waals surface area contributed by atoms with E-state index in [0.717, 1.165) is 12.8 Å². The second-order valence-corrected chi connectivity index (χ2v) is 5.28. The molecule has 0 atom stereocenters. The van der Waals surface area contributed by atoms with Crippen molar-refractivity contribution in [3.8, 4) is 5.88 Å². The van der Waals surface area contributed by atoms with Crippen LogP contribution >= 0.6 is 11.6 Å². The number of hydrogen-bond donors (Lipinski definition) is 0. The van der Waals surface area contributed by atoms with Gasteiger partial charge in [-0.15, -0.1) is 0 Å². The average molecular weight is 307 g/mol. The summed E-state index contributed by atoms with van der Waals surface area (Å²) in [5.74, 6) is 0.756. The van der Waals surface area contributed by atoms with Gasteiger partial charge in [0.15, 0.2) is 5.76 Å². The van der Waals surface area contributed by atoms with Gasteiger partial charge < -0.3 is 14.1 Å². The van der Waals surface area contributed by atoms with E-state index < -0.39 is 0 Å². The van der Waals surface area contributed by atoms with Crippen molar-refractivity contribution < 1.29 is 13.9 Å². The number of piperidine rings is 1. The Kier molecular flexibility index (Phi) is 4.10. The second-order valence-electron chi connectivity index (χ2n) is 4.88. The molecule has 3 heterocycles. The molecule has 1 saturated heterocycles. The Morgan fingerprint density at radius 2 is 2.14 bits per heavy atom. The highest BCUT2D eigenvalue weighted by molar-refractivity contribution is 6.31. The van der Waals surface area contributed by atoms with Crippen LogP contribution in [0.1, 0.15) is 23.4 Å². The zero-order chi connectivity index (χ0) is 14.7. The highest BCUT2D eigenvalue weighted by Crippen LogP contribution is 2.24. The van der Waals surface area contributed by atoms with E-state index in [4.69, 9.17) is 20.8 Å². The van der Waals surface area contributed by atoms with Gasteiger partial charge in [-0.2, -0.15) is 0 Å². The van der Waals surface area contributed by atoms with Crippen LogP contribution in [0.3, 0.4) is 0 Å². The van der Waals surface area contributed by atoms with Crippen LogP contribution < -0.4 is 4.74 Å². The molecule has 1 aliphatic rings. The Morgan fingerprint density at radius 1 is 1.33 bits per heavy atom. The zero-order valence-corrected chi connectivity index (χ0v) is 12.1. The lowest BCUT2D eigenvalue weighted by Gasteiger charge is -2.31. The molecule has 3 rings (SSSR count). The predicted molar refractivity (Wildman–Crippen MR) is 77.5 cm³/mol. The van der Waals surface area contributed by atoms with Crippen molar-refractivity contribution in [1.29, 1.82) is 0 Å². The van der Waals surface area contributed by atoms with Gasteiger partial charge in [-0.05, 0) is 24.3 Å². The van der Waals surface area contributed by atoms with Crippen LogP contribution in [-0.4, -0.2) is 35.0 Å². The summed E-state index contributed by atoms with van der Waals surface area (Å²) in [6.07, 6.45) is 4.68. The van der Waals surface area contributed by atoms with Gasteiger partial charge in [0.2, 0.25) is 5.88 Å². The minimum absolute atomic E-state index is 0.0260. The predicted octanol–water partition coefficient (Wildman–Crippen LogP) is 3.01. The molecule has 6 heteroatoms. The van der Waals surface area contributed by atoms with E-state index in [9.17, 15) is 4.79 Å². The topological polar surface area (TPSA) is 55.6 Å². The van der Waals surface area contributed by atoms with Crippen molar-refractivity contribution in [3.05, 3.63) is 47.5 Å². The number of aromatic nitrogens is 1. The number of rotatable bonds is 3. The third kappa shape index (κ3) is 3.19. The molecular formula is C15H15ClN2O3. The maximum absolute atomic E-state index is 12.1. The molecule has 1 fully saturated rings. The molecular weight excluding hydrogens is 292 g/mol. The van der Waals surface area contributed by atoms with Gasteiger partial charge in [0.25, 0.3) is 5.91 Å². The SMILES string of the molecule is O=C(c1ccco1)N1CCC(Oc2ncccc2Cl)CC1. The quantitative estimate of drug-likeness (QED) is 0.874. The molecule has 0 bridgehead atoms. The van der Waals surface area contributed by atoms with Crippen LogP contribution in [0.25, 0.3) is 0 Å². The molecule has 21 heavy (non-hydrogen) atoms. The van der Waals surface area contributed by atoms with E-state index in [0.29, 0.717) is 29.8 Å². The molecule has 0 aromatic carbocycles. The first-order valence-electron chi connectivity index (χ1n) is 6.84. The fourth-order valence-corrected chi connectivity index (χ4v) is 2.51. The smallest absolute Gasteiger partial charge is 0.289 e. The summed E-state index contributed by atoms with van der Waals surface area (Å²) in [6.45, 7) is 1.27. The van der Waals surface area contributed by atoms with Crippen LogP contribution in [0.4, 0.5) is 0 Å². The Bertz CT molecular complexity index is 607. The highest BCUT2D eigenvalue weighted by atomic mass is 35.5. The summed E-state index contributed by atoms with van der Waals surface area (Å²) in [7, 11) is 0. The average Bonchev–Trinajstić information content (AvgIpc) is 3.04. The van der Waals surface area contributed by atoms with E-state index in [-0.39, 0.29) is 12.0 Å². The lowest BCUT2D eigenvalue weighted by molar-refractivity contribution is 0.0559. The third-order valence-electron chi connectivity index (χ3n) is 3.46. The van der Waals surface area contributed by atoms with Crippen molar-refractivity contribution in [2.45, 2.75) is 18.9 Å². The number of amides is 1. The number of carbonyl (C=O) groups excluding carboxylic acids is 1. The Balaban J connectivity index is 1.56. The van der Waals surface area contributed by atoms with Gasteiger partial charge in [-0.3, -0.25) is 4.79 Å². The van der Waals surface area contributed by atoms with Gasteiger partial charge in [0.1, 0.15) is 11.1 Å². The molecule has 2 aromatic heterocycles. The number of ether oxygens (including phenoxy) is 1. The summed E-state index contributed by atoms with van der Waals surface area (Å²) in [4.78, 5) is 18.0. The maximum atomic E-state index is 12.1. The molecule has 0 aliphatic carbocycles. The molecule has 0 radical (unpaired) electrons. The summed E-state index contributed by atoms with van der Waals surface area (Å²) in [5, 5.41) is 0.506. The molecule has 0 spiro atoms. The first kappa shape index (κ1) is 13.9. The van der Waals surface area contributed by atoms with Crippen molar-refractivity contribution in [2.24, 2.45) is 0 Å². The number of hydrogen-bond acceptors (Lipinski definition) is 4. The number of halogens is 1. The monoisotopic (exact) mass is 306 g/mol. The van der Waals surface area contributed by atoms with Crippen LogP contribution in [0, 0.1) is 0 Å². The molecule has 1 aliphatic heterocycles. The van der Waals surface area contributed by atoms with Gasteiger partial charge in [0.05, 0.1) is 6.26 Å². The van der Waals surface area contributed by atoms with Gasteiger partial charge in [0, 0.05) is 32.1 Å². The van der Waals surface area contributed by atoms with Crippen molar-refractivity contribution in [1.82, 2.24) is 9.88 Å². The maximum Gasteiger partial charge on any atom is 0.289 e. The summed E-state index contributed by atoms with van der Waals surface area (Å²) < 4.78 is 10.9. The van der Waals surface area contributed by atoms with Gasteiger partial charge >= 0.3 is 0 Å². The molecule has 5 nitrogen and oxygen atoms in total. The summed E-state index contributed by atoms with van der Waals surface area (Å²) in [5.41, 5.74) is 0. The van der Waals surface area contributed by atoms with Crippen LogP contribution in [0.2, 0.25) is 5.02 Å². The third-order valence-corrected chi connectivity index (χ3v) is 3.75. The number of furan rings is 1. The standard InChI is InChI=1S/C15H15ClN2O3/c16-12-3-1-7-17-14(12)21-11-5-8-18(9-6-11)15(19)13-4-2-10-20-13/h1-4,7,10-11H,5-6,8-9H2. The summed E-state index contributed by atoms with van der Waals surface area (Å²) >= 11 is 6.03. The van der Waals surface area contributed by atoms with Crippen LogP contribution in [0.15, 0.2) is 41.1 Å². The fourth-order valence-electron chi connectivity index (χ4n) is 2.35. The van der Waals surface area contributed by atoms with Gasteiger partial charge in [-0.25, -0.2) is 4.98 Å². The molecule has 0 unspecified atom stereocenters. The van der Waals surface area contributed by atoms with Crippen molar-refractivity contribution >= 4 is 17.5 Å². The molecule has 110 valence electrons. The molecule has 0 N–H and O–H groups in total. The van der Waals surface area contributed by atoms with Crippen molar-refractivity contribution in [2.75, 3.05) is 13.1 Å². The van der Waals surface area contributed by atoms with E-state index in [1.807, 2.05) is 0 Å². The van der Waals surface area contributed by atoms with E-state index in [1.165, 1.54) is 6.26 Å². The lowest BCUT2D eigenvalue weighted by atomic mass is 10.1. The first-order valence-corrected chi connectivity index (χ1v) is 7.22. The minimum atomic E-state index is -0.0747. The number of carbonyl (C=O) groups is 1. The fraction of sp³-hybridized carbons (Fsp3) is 0.333. The van der Waals surface area contributed by atoms with Crippen molar-refractivity contribution in [3.63, 3.8) is 0 Å². The van der Waals surface area contributed by atoms with Gasteiger partial charge in [-0.1, -0.05) is 11.6 Å². The minimum Gasteiger partial charge on any atom is -0.473 e. The Labute approximate surface area is 127 Å². The molecule has 2 aromatic rings. The highest BCUT2D eigenvalue weighted by Gasteiger charge is 2.26. The second kappa shape index (κ2) is 6.18. The number of nitrogens with zero attached hydrogens (tertiary/aromatic N) is 2. The van der Waals surface area contributed by atoms with Crippen LogP contribution in [0.5, 0.6) is 5.88 Å². The Morgan fingerprint density at radius 3 is 2.81 bits per heavy atom. The zero-order valence-electron chi connectivity index (χ0n) is 11.4. The Hall–Kier alpha value is -2.01. The van der Waals surface area contributed by atoms with E-state index in [2.05, 4.69) is 4.98 Å². The molecule has 0 saturated carbocycles.